The number of hydrazone groups is 1. The highest BCUT2D eigenvalue weighted by Gasteiger charge is 2.20. The molecule has 0 saturated carbocycles. The molecule has 0 bridgehead atoms. The predicted molar refractivity (Wildman–Crippen MR) is 157 cm³/mol. The van der Waals surface area contributed by atoms with E-state index in [2.05, 4.69) is 42.4 Å². The fourth-order valence-electron chi connectivity index (χ4n) is 3.60. The minimum atomic E-state index is -0.757. The first-order chi connectivity index (χ1) is 18.4. The summed E-state index contributed by atoms with van der Waals surface area (Å²) in [5.74, 6) is -0.0601. The van der Waals surface area contributed by atoms with Crippen LogP contribution >= 0.6 is 31.9 Å². The van der Waals surface area contributed by atoms with Crippen molar-refractivity contribution in [2.45, 2.75) is 19.4 Å². The Morgan fingerprint density at radius 3 is 2.47 bits per heavy atom. The zero-order valence-corrected chi connectivity index (χ0v) is 23.6. The van der Waals surface area contributed by atoms with Gasteiger partial charge in [0, 0.05) is 16.1 Å². The van der Waals surface area contributed by atoms with E-state index in [9.17, 15) is 9.59 Å². The van der Waals surface area contributed by atoms with E-state index in [4.69, 9.17) is 9.47 Å². The van der Waals surface area contributed by atoms with Crippen LogP contribution in [0.5, 0.6) is 11.5 Å². The highest BCUT2D eigenvalue weighted by atomic mass is 79.9. The summed E-state index contributed by atoms with van der Waals surface area (Å²) >= 11 is 7.01. The Bertz CT molecular complexity index is 1500. The number of ether oxygens (including phenoxy) is 2. The second kappa shape index (κ2) is 13.2. The molecule has 1 atom stereocenters. The summed E-state index contributed by atoms with van der Waals surface area (Å²) in [7, 11) is 0. The Balaban J connectivity index is 1.42. The number of halogens is 2. The molecule has 0 radical (unpaired) electrons. The summed E-state index contributed by atoms with van der Waals surface area (Å²) in [6.07, 6.45) is 4.13. The van der Waals surface area contributed by atoms with Gasteiger partial charge in [0.15, 0.2) is 6.10 Å². The first-order valence-electron chi connectivity index (χ1n) is 11.9. The van der Waals surface area contributed by atoms with Crippen molar-refractivity contribution in [3.05, 3.63) is 111 Å². The molecule has 0 aliphatic carbocycles. The van der Waals surface area contributed by atoms with Gasteiger partial charge < -0.3 is 9.47 Å². The van der Waals surface area contributed by atoms with Crippen LogP contribution in [0.4, 0.5) is 0 Å². The van der Waals surface area contributed by atoms with Crippen LogP contribution in [-0.4, -0.2) is 24.2 Å². The summed E-state index contributed by atoms with van der Waals surface area (Å²) < 4.78 is 13.1. The fraction of sp³-hybridized carbons (Fsp3) is 0.100. The lowest BCUT2D eigenvalue weighted by atomic mass is 10.1. The number of hydrogen-bond acceptors (Lipinski definition) is 5. The fourth-order valence-corrected chi connectivity index (χ4v) is 4.57. The smallest absolute Gasteiger partial charge is 0.336 e. The molecule has 0 spiro atoms. The van der Waals surface area contributed by atoms with E-state index in [1.54, 1.807) is 24.3 Å². The molecule has 1 amide bonds. The second-order valence-electron chi connectivity index (χ2n) is 8.20. The van der Waals surface area contributed by atoms with Crippen molar-refractivity contribution >= 4 is 66.8 Å². The van der Waals surface area contributed by atoms with Gasteiger partial charge in [-0.15, -0.1) is 0 Å². The second-order valence-corrected chi connectivity index (χ2v) is 9.90. The maximum Gasteiger partial charge on any atom is 0.336 e. The normalized spacial score (nSPS) is 12.1. The number of nitrogens with one attached hydrogen (secondary N) is 1. The van der Waals surface area contributed by atoms with Gasteiger partial charge in [-0.3, -0.25) is 4.79 Å². The van der Waals surface area contributed by atoms with Crippen LogP contribution in [0.25, 0.3) is 16.8 Å². The van der Waals surface area contributed by atoms with Crippen molar-refractivity contribution in [3.63, 3.8) is 0 Å². The van der Waals surface area contributed by atoms with Gasteiger partial charge in [0.1, 0.15) is 11.5 Å². The molecule has 38 heavy (non-hydrogen) atoms. The average Bonchev–Trinajstić information content (AvgIpc) is 2.93. The standard InChI is InChI=1S/C30H24Br2N2O4/c1-2-25(37-27-15-13-21-10-6-7-11-24(21)29(27)32)30(36)34-33-19-22-18-23(31)14-16-26(22)38-28(35)17-12-20-8-4-3-5-9-20/h3-19,25H,2H2,1H3,(H,34,36)/b17-12+,33-19-/t25-/m1/s1. The molecular weight excluding hydrogens is 612 g/mol. The lowest BCUT2D eigenvalue weighted by Gasteiger charge is -2.17. The number of carbonyl (C=O) groups is 2. The summed E-state index contributed by atoms with van der Waals surface area (Å²) in [6.45, 7) is 1.86. The van der Waals surface area contributed by atoms with Crippen molar-refractivity contribution in [1.82, 2.24) is 5.43 Å². The summed E-state index contributed by atoms with van der Waals surface area (Å²) in [6, 6.07) is 26.3. The monoisotopic (exact) mass is 634 g/mol. The van der Waals surface area contributed by atoms with E-state index in [1.807, 2.05) is 73.7 Å². The lowest BCUT2D eigenvalue weighted by Crippen LogP contribution is -2.35. The number of hydrogen-bond donors (Lipinski definition) is 1. The molecule has 0 saturated heterocycles. The third-order valence-electron chi connectivity index (χ3n) is 5.53. The van der Waals surface area contributed by atoms with Crippen molar-refractivity contribution in [2.75, 3.05) is 0 Å². The van der Waals surface area contributed by atoms with Crippen molar-refractivity contribution in [3.8, 4) is 11.5 Å². The molecule has 0 heterocycles. The predicted octanol–water partition coefficient (Wildman–Crippen LogP) is 7.29. The highest BCUT2D eigenvalue weighted by Crippen LogP contribution is 2.34. The molecule has 0 aliphatic heterocycles. The van der Waals surface area contributed by atoms with E-state index in [-0.39, 0.29) is 0 Å². The molecule has 4 aromatic carbocycles. The summed E-state index contributed by atoms with van der Waals surface area (Å²) in [4.78, 5) is 25.2. The molecule has 0 aliphatic rings. The molecule has 1 N–H and O–H groups in total. The van der Waals surface area contributed by atoms with Gasteiger partial charge in [-0.05, 0) is 69.0 Å². The molecule has 4 rings (SSSR count). The van der Waals surface area contributed by atoms with E-state index in [0.717, 1.165) is 25.3 Å². The third kappa shape index (κ3) is 7.18. The van der Waals surface area contributed by atoms with Gasteiger partial charge >= 0.3 is 5.97 Å². The number of rotatable bonds is 9. The molecule has 0 fully saturated rings. The van der Waals surface area contributed by atoms with Crippen LogP contribution in [0, 0.1) is 0 Å². The van der Waals surface area contributed by atoms with Crippen LogP contribution < -0.4 is 14.9 Å². The average molecular weight is 636 g/mol. The highest BCUT2D eigenvalue weighted by molar-refractivity contribution is 9.11. The van der Waals surface area contributed by atoms with E-state index < -0.39 is 18.0 Å². The molecule has 192 valence electrons. The van der Waals surface area contributed by atoms with Gasteiger partial charge in [-0.25, -0.2) is 10.2 Å². The zero-order chi connectivity index (χ0) is 26.9. The van der Waals surface area contributed by atoms with E-state index in [0.29, 0.717) is 23.5 Å². The Hall–Kier alpha value is -3.75. The maximum atomic E-state index is 12.8. The Kier molecular flexibility index (Phi) is 9.46. The van der Waals surface area contributed by atoms with Gasteiger partial charge in [0.2, 0.25) is 0 Å². The van der Waals surface area contributed by atoms with Gasteiger partial charge in [0.25, 0.3) is 5.91 Å². The largest absolute Gasteiger partial charge is 0.479 e. The molecule has 0 aromatic heterocycles. The van der Waals surface area contributed by atoms with Crippen LogP contribution in [0.2, 0.25) is 0 Å². The van der Waals surface area contributed by atoms with Gasteiger partial charge in [-0.2, -0.15) is 5.10 Å². The molecule has 6 nitrogen and oxygen atoms in total. The Morgan fingerprint density at radius 1 is 0.947 bits per heavy atom. The Labute approximate surface area is 237 Å². The maximum absolute atomic E-state index is 12.8. The quantitative estimate of drug-likeness (QED) is 0.0689. The number of amides is 1. The van der Waals surface area contributed by atoms with Crippen molar-refractivity contribution in [2.24, 2.45) is 5.10 Å². The minimum absolute atomic E-state index is 0.303. The van der Waals surface area contributed by atoms with Crippen molar-refractivity contribution in [1.29, 1.82) is 0 Å². The first-order valence-corrected chi connectivity index (χ1v) is 13.4. The SMILES string of the molecule is CC[C@@H](Oc1ccc2ccccc2c1Br)C(=O)N/N=C\c1cc(Br)ccc1OC(=O)/C=C/c1ccccc1. The molecular formula is C30H24Br2N2O4. The lowest BCUT2D eigenvalue weighted by molar-refractivity contribution is -0.129. The number of benzene rings is 4. The molecule has 0 unspecified atom stereocenters. The third-order valence-corrected chi connectivity index (χ3v) is 6.84. The van der Waals surface area contributed by atoms with Crippen LogP contribution in [0.1, 0.15) is 24.5 Å². The first kappa shape index (κ1) is 27.3. The number of nitrogens with zero attached hydrogens (tertiary/aromatic N) is 1. The van der Waals surface area contributed by atoms with Crippen LogP contribution in [-0.2, 0) is 9.59 Å². The van der Waals surface area contributed by atoms with Crippen LogP contribution in [0.3, 0.4) is 0 Å². The molecule has 8 heteroatoms. The zero-order valence-electron chi connectivity index (χ0n) is 20.4. The topological polar surface area (TPSA) is 77.0 Å². The number of esters is 1. The van der Waals surface area contributed by atoms with Gasteiger partial charge in [0.05, 0.1) is 10.7 Å². The van der Waals surface area contributed by atoms with E-state index in [1.165, 1.54) is 12.3 Å². The number of carbonyl (C=O) groups excluding carboxylic acids is 2. The van der Waals surface area contributed by atoms with Crippen molar-refractivity contribution < 1.29 is 19.1 Å². The van der Waals surface area contributed by atoms with Crippen LogP contribution in [0.15, 0.2) is 105 Å². The van der Waals surface area contributed by atoms with Gasteiger partial charge in [-0.1, -0.05) is 83.5 Å². The Morgan fingerprint density at radius 2 is 1.68 bits per heavy atom. The number of fused-ring (bicyclic) bond motifs is 1. The summed E-state index contributed by atoms with van der Waals surface area (Å²) in [5, 5.41) is 6.14. The minimum Gasteiger partial charge on any atom is -0.479 e. The summed E-state index contributed by atoms with van der Waals surface area (Å²) in [5.41, 5.74) is 3.92. The molecule has 4 aromatic rings. The van der Waals surface area contributed by atoms with E-state index >= 15 is 0 Å².